The maximum Gasteiger partial charge on any atom is 0.243 e. The number of halogens is 2. The van der Waals surface area contributed by atoms with Crippen LogP contribution in [0.4, 0.5) is 14.5 Å². The minimum Gasteiger partial charge on any atom is -0.394 e. The van der Waals surface area contributed by atoms with E-state index in [4.69, 9.17) is 5.73 Å². The van der Waals surface area contributed by atoms with Gasteiger partial charge in [-0.2, -0.15) is 11.8 Å². The number of sulfonamides is 1. The average molecular weight is 322 g/mol. The van der Waals surface area contributed by atoms with Gasteiger partial charge < -0.3 is 5.73 Å². The molecule has 0 spiro atoms. The monoisotopic (exact) mass is 322 g/mol. The van der Waals surface area contributed by atoms with Crippen molar-refractivity contribution in [3.63, 3.8) is 0 Å². The summed E-state index contributed by atoms with van der Waals surface area (Å²) in [6.07, 6.45) is 4.82. The van der Waals surface area contributed by atoms with E-state index in [1.807, 2.05) is 6.26 Å². The standard InChI is InChI=1S/C12H16F2N2O2S2/c1-19-12(5-2-6-12)7-16-20(17,18)9-4-3-8(13)11(15)10(9)14/h3-4,16H,2,5-7,15H2,1H3. The molecular weight excluding hydrogens is 306 g/mol. The van der Waals surface area contributed by atoms with Crippen LogP contribution in [0.5, 0.6) is 0 Å². The Morgan fingerprint density at radius 1 is 1.40 bits per heavy atom. The molecule has 2 rings (SSSR count). The molecule has 3 N–H and O–H groups in total. The molecule has 0 heterocycles. The first-order valence-electron chi connectivity index (χ1n) is 6.10. The molecule has 0 aliphatic heterocycles. The topological polar surface area (TPSA) is 72.2 Å². The van der Waals surface area contributed by atoms with Crippen molar-refractivity contribution >= 4 is 27.5 Å². The van der Waals surface area contributed by atoms with Crippen molar-refractivity contribution in [2.45, 2.75) is 28.9 Å². The van der Waals surface area contributed by atoms with Gasteiger partial charge in [-0.25, -0.2) is 21.9 Å². The van der Waals surface area contributed by atoms with Gasteiger partial charge in [0, 0.05) is 11.3 Å². The first kappa shape index (κ1) is 15.5. The van der Waals surface area contributed by atoms with Crippen molar-refractivity contribution in [2.75, 3.05) is 18.5 Å². The molecule has 8 heteroatoms. The summed E-state index contributed by atoms with van der Waals surface area (Å²) >= 11 is 1.60. The third-order valence-electron chi connectivity index (χ3n) is 3.66. The molecule has 1 saturated carbocycles. The van der Waals surface area contributed by atoms with Crippen LogP contribution < -0.4 is 10.5 Å². The van der Waals surface area contributed by atoms with Crippen LogP contribution in [-0.2, 0) is 10.0 Å². The Bertz CT molecular complexity index is 611. The molecule has 4 nitrogen and oxygen atoms in total. The maximum atomic E-state index is 13.8. The number of hydrogen-bond acceptors (Lipinski definition) is 4. The first-order chi connectivity index (χ1) is 9.31. The molecule has 0 saturated heterocycles. The molecule has 1 fully saturated rings. The lowest BCUT2D eigenvalue weighted by atomic mass is 9.84. The van der Waals surface area contributed by atoms with Gasteiger partial charge in [0.25, 0.3) is 0 Å². The van der Waals surface area contributed by atoms with E-state index in [0.29, 0.717) is 0 Å². The van der Waals surface area contributed by atoms with Gasteiger partial charge in [0.1, 0.15) is 16.4 Å². The molecule has 112 valence electrons. The summed E-state index contributed by atoms with van der Waals surface area (Å²) < 4.78 is 53.3. The molecule has 1 aromatic carbocycles. The lowest BCUT2D eigenvalue weighted by Gasteiger charge is -2.40. The SMILES string of the molecule is CSC1(CNS(=O)(=O)c2ccc(F)c(N)c2F)CCC1. The van der Waals surface area contributed by atoms with Crippen LogP contribution in [0.25, 0.3) is 0 Å². The summed E-state index contributed by atoms with van der Waals surface area (Å²) in [6.45, 7) is 0.229. The van der Waals surface area contributed by atoms with Crippen LogP contribution in [-0.4, -0.2) is 26.0 Å². The van der Waals surface area contributed by atoms with E-state index in [-0.39, 0.29) is 11.3 Å². The predicted octanol–water partition coefficient (Wildman–Crippen LogP) is 2.11. The lowest BCUT2D eigenvalue weighted by molar-refractivity contribution is 0.361. The van der Waals surface area contributed by atoms with Gasteiger partial charge in [-0.3, -0.25) is 0 Å². The zero-order valence-corrected chi connectivity index (χ0v) is 12.6. The highest BCUT2D eigenvalue weighted by molar-refractivity contribution is 8.00. The number of benzene rings is 1. The molecule has 0 amide bonds. The van der Waals surface area contributed by atoms with E-state index in [0.717, 1.165) is 31.4 Å². The van der Waals surface area contributed by atoms with Gasteiger partial charge >= 0.3 is 0 Å². The minimum atomic E-state index is -4.03. The largest absolute Gasteiger partial charge is 0.394 e. The summed E-state index contributed by atoms with van der Waals surface area (Å²) in [4.78, 5) is -0.619. The highest BCUT2D eigenvalue weighted by Gasteiger charge is 2.37. The van der Waals surface area contributed by atoms with Gasteiger partial charge in [-0.15, -0.1) is 0 Å². The molecule has 1 aromatic rings. The van der Waals surface area contributed by atoms with Crippen molar-refractivity contribution in [2.24, 2.45) is 0 Å². The van der Waals surface area contributed by atoms with Crippen molar-refractivity contribution in [3.8, 4) is 0 Å². The number of thioether (sulfide) groups is 1. The molecule has 0 bridgehead atoms. The Labute approximate surface area is 121 Å². The second kappa shape index (κ2) is 5.50. The molecule has 0 aromatic heterocycles. The second-order valence-corrected chi connectivity index (χ2v) is 7.85. The number of anilines is 1. The van der Waals surface area contributed by atoms with E-state index in [1.165, 1.54) is 0 Å². The molecule has 20 heavy (non-hydrogen) atoms. The van der Waals surface area contributed by atoms with Gasteiger partial charge in [0.2, 0.25) is 10.0 Å². The fourth-order valence-corrected chi connectivity index (χ4v) is 4.31. The Hall–Kier alpha value is -0.860. The Morgan fingerprint density at radius 3 is 2.55 bits per heavy atom. The van der Waals surface area contributed by atoms with E-state index in [2.05, 4.69) is 4.72 Å². The smallest absolute Gasteiger partial charge is 0.243 e. The van der Waals surface area contributed by atoms with Crippen LogP contribution in [0.1, 0.15) is 19.3 Å². The van der Waals surface area contributed by atoms with E-state index < -0.39 is 32.2 Å². The fraction of sp³-hybridized carbons (Fsp3) is 0.500. The number of hydrogen-bond donors (Lipinski definition) is 2. The summed E-state index contributed by atoms with van der Waals surface area (Å²) in [5, 5.41) is 0. The summed E-state index contributed by atoms with van der Waals surface area (Å²) in [5.41, 5.74) is 4.40. The lowest BCUT2D eigenvalue weighted by Crippen LogP contribution is -2.45. The average Bonchev–Trinajstić information content (AvgIpc) is 2.35. The molecule has 1 aliphatic carbocycles. The number of nitrogens with one attached hydrogen (secondary N) is 1. The van der Waals surface area contributed by atoms with Crippen molar-refractivity contribution < 1.29 is 17.2 Å². The van der Waals surface area contributed by atoms with Gasteiger partial charge in [0.15, 0.2) is 5.82 Å². The first-order valence-corrected chi connectivity index (χ1v) is 8.80. The normalized spacial score (nSPS) is 17.8. The number of nitrogen functional groups attached to an aromatic ring is 1. The summed E-state index contributed by atoms with van der Waals surface area (Å²) in [7, 11) is -4.03. The third-order valence-corrected chi connectivity index (χ3v) is 6.50. The fourth-order valence-electron chi connectivity index (χ4n) is 2.09. The predicted molar refractivity (Wildman–Crippen MR) is 76.1 cm³/mol. The zero-order valence-electron chi connectivity index (χ0n) is 10.9. The minimum absolute atomic E-state index is 0.116. The van der Waals surface area contributed by atoms with Crippen LogP contribution >= 0.6 is 11.8 Å². The van der Waals surface area contributed by atoms with E-state index >= 15 is 0 Å². The Balaban J connectivity index is 2.21. The van der Waals surface area contributed by atoms with E-state index in [9.17, 15) is 17.2 Å². The molecule has 0 radical (unpaired) electrons. The Morgan fingerprint density at radius 2 is 2.05 bits per heavy atom. The quantitative estimate of drug-likeness (QED) is 0.815. The van der Waals surface area contributed by atoms with Crippen LogP contribution in [0.15, 0.2) is 17.0 Å². The van der Waals surface area contributed by atoms with Crippen molar-refractivity contribution in [1.82, 2.24) is 4.72 Å². The third kappa shape index (κ3) is 2.77. The number of rotatable bonds is 5. The van der Waals surface area contributed by atoms with Crippen molar-refractivity contribution in [3.05, 3.63) is 23.8 Å². The van der Waals surface area contributed by atoms with Crippen LogP contribution in [0, 0.1) is 11.6 Å². The highest BCUT2D eigenvalue weighted by Crippen LogP contribution is 2.42. The van der Waals surface area contributed by atoms with Crippen LogP contribution in [0.2, 0.25) is 0 Å². The molecule has 0 unspecified atom stereocenters. The maximum absolute atomic E-state index is 13.8. The summed E-state index contributed by atoms with van der Waals surface area (Å²) in [6, 6.07) is 1.73. The molecular formula is C12H16F2N2O2S2. The van der Waals surface area contributed by atoms with Crippen LogP contribution in [0.3, 0.4) is 0 Å². The number of nitrogens with two attached hydrogens (primary N) is 1. The van der Waals surface area contributed by atoms with Crippen molar-refractivity contribution in [1.29, 1.82) is 0 Å². The molecule has 0 atom stereocenters. The van der Waals surface area contributed by atoms with E-state index in [1.54, 1.807) is 11.8 Å². The zero-order chi connectivity index (χ0) is 15.0. The van der Waals surface area contributed by atoms with Gasteiger partial charge in [-0.1, -0.05) is 6.42 Å². The van der Waals surface area contributed by atoms with Gasteiger partial charge in [0.05, 0.1) is 0 Å². The highest BCUT2D eigenvalue weighted by atomic mass is 32.2. The summed E-state index contributed by atoms with van der Waals surface area (Å²) in [5.74, 6) is -2.22. The van der Waals surface area contributed by atoms with Gasteiger partial charge in [-0.05, 0) is 31.2 Å². The Kier molecular flexibility index (Phi) is 4.27. The second-order valence-electron chi connectivity index (χ2n) is 4.84. The molecule has 1 aliphatic rings.